The fraction of sp³-hybridized carbons (Fsp3) is 0.500. The van der Waals surface area contributed by atoms with E-state index in [9.17, 15) is 4.79 Å². The average Bonchev–Trinajstić information content (AvgIpc) is 2.75. The van der Waals surface area contributed by atoms with Crippen LogP contribution in [-0.2, 0) is 18.4 Å². The number of guanidine groups is 1. The van der Waals surface area contributed by atoms with Gasteiger partial charge in [0.2, 0.25) is 5.91 Å². The van der Waals surface area contributed by atoms with Gasteiger partial charge in [-0.3, -0.25) is 9.79 Å². The van der Waals surface area contributed by atoms with Crippen molar-refractivity contribution in [1.82, 2.24) is 20.1 Å². The van der Waals surface area contributed by atoms with Gasteiger partial charge in [-0.2, -0.15) is 0 Å². The van der Waals surface area contributed by atoms with Gasteiger partial charge in [0, 0.05) is 40.1 Å². The highest BCUT2D eigenvalue weighted by Crippen LogP contribution is 2.03. The van der Waals surface area contributed by atoms with Crippen LogP contribution in [0, 0.1) is 0 Å². The molecule has 0 aliphatic carbocycles. The zero-order valence-corrected chi connectivity index (χ0v) is 11.4. The summed E-state index contributed by atoms with van der Waals surface area (Å²) in [4.78, 5) is 17.3. The number of hydrogen-bond acceptors (Lipinski definition) is 2. The molecule has 6 heteroatoms. The molecule has 0 fully saturated rings. The summed E-state index contributed by atoms with van der Waals surface area (Å²) in [6, 6.07) is 4.06. The first-order valence-electron chi connectivity index (χ1n) is 5.81. The van der Waals surface area contributed by atoms with Crippen LogP contribution in [0.25, 0.3) is 0 Å². The van der Waals surface area contributed by atoms with Crippen molar-refractivity contribution in [1.29, 1.82) is 0 Å². The van der Waals surface area contributed by atoms with E-state index in [2.05, 4.69) is 26.3 Å². The van der Waals surface area contributed by atoms with Crippen LogP contribution in [-0.4, -0.2) is 49.0 Å². The molecule has 1 amide bonds. The summed E-state index contributed by atoms with van der Waals surface area (Å²) in [6.45, 7) is 0.956. The number of aryl methyl sites for hydroxylation is 1. The quantitative estimate of drug-likeness (QED) is 0.574. The zero-order chi connectivity index (χ0) is 13.5. The average molecular weight is 251 g/mol. The van der Waals surface area contributed by atoms with Crippen LogP contribution in [0.5, 0.6) is 0 Å². The van der Waals surface area contributed by atoms with E-state index >= 15 is 0 Å². The van der Waals surface area contributed by atoms with Crippen molar-refractivity contribution < 1.29 is 4.79 Å². The molecule has 0 aliphatic rings. The van der Waals surface area contributed by atoms with Gasteiger partial charge in [0.05, 0.1) is 13.1 Å². The monoisotopic (exact) mass is 251 g/mol. The van der Waals surface area contributed by atoms with Crippen LogP contribution in [0.4, 0.5) is 0 Å². The van der Waals surface area contributed by atoms with Crippen LogP contribution in [0.2, 0.25) is 0 Å². The summed E-state index contributed by atoms with van der Waals surface area (Å²) < 4.78 is 2.06. The van der Waals surface area contributed by atoms with Gasteiger partial charge in [0.1, 0.15) is 0 Å². The van der Waals surface area contributed by atoms with Crippen LogP contribution < -0.4 is 10.6 Å². The van der Waals surface area contributed by atoms with Gasteiger partial charge in [-0.15, -0.1) is 0 Å². The Hall–Kier alpha value is -1.98. The third-order valence-corrected chi connectivity index (χ3v) is 2.71. The lowest BCUT2D eigenvalue weighted by Gasteiger charge is -2.22. The van der Waals surface area contributed by atoms with Crippen molar-refractivity contribution in [2.45, 2.75) is 6.54 Å². The Balaban J connectivity index is 2.55. The SMILES string of the molecule is CN=C(NCC(=O)NC)N(C)Cc1cccn1C. The number of likely N-dealkylation sites (N-methyl/N-ethyl adjacent to an activating group) is 1. The van der Waals surface area contributed by atoms with E-state index in [0.717, 1.165) is 6.54 Å². The molecule has 0 aliphatic heterocycles. The van der Waals surface area contributed by atoms with Crippen LogP contribution >= 0.6 is 0 Å². The normalized spacial score (nSPS) is 11.2. The van der Waals surface area contributed by atoms with E-state index in [1.165, 1.54) is 5.69 Å². The first kappa shape index (κ1) is 14.1. The number of carbonyl (C=O) groups excluding carboxylic acids is 1. The minimum atomic E-state index is -0.0663. The molecule has 0 radical (unpaired) electrons. The van der Waals surface area contributed by atoms with Crippen molar-refractivity contribution in [2.75, 3.05) is 27.7 Å². The summed E-state index contributed by atoms with van der Waals surface area (Å²) in [6.07, 6.45) is 2.00. The lowest BCUT2D eigenvalue weighted by atomic mass is 10.4. The number of aliphatic imine (C=N–C) groups is 1. The van der Waals surface area contributed by atoms with Crippen LogP contribution in [0.15, 0.2) is 23.3 Å². The largest absolute Gasteiger partial charge is 0.358 e. The second kappa shape index (κ2) is 6.68. The molecule has 1 heterocycles. The highest BCUT2D eigenvalue weighted by Gasteiger charge is 2.09. The van der Waals surface area contributed by atoms with Crippen molar-refractivity contribution in [3.05, 3.63) is 24.0 Å². The van der Waals surface area contributed by atoms with Crippen molar-refractivity contribution in [3.8, 4) is 0 Å². The molecular weight excluding hydrogens is 230 g/mol. The molecule has 0 aromatic carbocycles. The smallest absolute Gasteiger partial charge is 0.239 e. The molecular formula is C12H21N5O. The van der Waals surface area contributed by atoms with Crippen LogP contribution in [0.3, 0.4) is 0 Å². The summed E-state index contributed by atoms with van der Waals surface area (Å²) in [7, 11) is 7.25. The molecule has 0 unspecified atom stereocenters. The maximum absolute atomic E-state index is 11.2. The molecule has 0 saturated carbocycles. The van der Waals surface area contributed by atoms with Crippen molar-refractivity contribution in [3.63, 3.8) is 0 Å². The fourth-order valence-electron chi connectivity index (χ4n) is 1.61. The first-order chi connectivity index (χ1) is 8.58. The summed E-state index contributed by atoms with van der Waals surface area (Å²) in [5.41, 5.74) is 1.18. The van der Waals surface area contributed by atoms with Gasteiger partial charge in [0.15, 0.2) is 5.96 Å². The predicted octanol–water partition coefficient (Wildman–Crippen LogP) is -0.222. The summed E-state index contributed by atoms with van der Waals surface area (Å²) >= 11 is 0. The molecule has 1 rings (SSSR count). The minimum Gasteiger partial charge on any atom is -0.358 e. The maximum Gasteiger partial charge on any atom is 0.239 e. The summed E-state index contributed by atoms with van der Waals surface area (Å²) in [5.74, 6) is 0.628. The van der Waals surface area contributed by atoms with Gasteiger partial charge in [-0.05, 0) is 12.1 Å². The molecule has 0 bridgehead atoms. The number of hydrogen-bond donors (Lipinski definition) is 2. The van der Waals surface area contributed by atoms with E-state index in [1.807, 2.05) is 31.3 Å². The maximum atomic E-state index is 11.2. The summed E-state index contributed by atoms with van der Waals surface area (Å²) in [5, 5.41) is 5.57. The molecule has 1 aromatic heterocycles. The standard InChI is InChI=1S/C12H21N5O/c1-13-11(18)8-15-12(14-2)17(4)9-10-6-5-7-16(10)3/h5-7H,8-9H2,1-4H3,(H,13,18)(H,14,15). The third-order valence-electron chi connectivity index (χ3n) is 2.71. The van der Waals surface area contributed by atoms with Gasteiger partial charge in [-0.1, -0.05) is 0 Å². The number of nitrogens with one attached hydrogen (secondary N) is 2. The van der Waals surface area contributed by atoms with E-state index in [-0.39, 0.29) is 12.5 Å². The van der Waals surface area contributed by atoms with Crippen molar-refractivity contribution >= 4 is 11.9 Å². The number of aromatic nitrogens is 1. The van der Waals surface area contributed by atoms with E-state index in [4.69, 9.17) is 0 Å². The zero-order valence-electron chi connectivity index (χ0n) is 11.4. The number of rotatable bonds is 4. The number of amides is 1. The minimum absolute atomic E-state index is 0.0663. The predicted molar refractivity (Wildman–Crippen MR) is 72.3 cm³/mol. The number of nitrogens with zero attached hydrogens (tertiary/aromatic N) is 3. The lowest BCUT2D eigenvalue weighted by Crippen LogP contribution is -2.43. The Morgan fingerprint density at radius 1 is 1.56 bits per heavy atom. The molecule has 1 aromatic rings. The molecule has 0 atom stereocenters. The lowest BCUT2D eigenvalue weighted by molar-refractivity contribution is -0.119. The Morgan fingerprint density at radius 3 is 2.78 bits per heavy atom. The van der Waals surface area contributed by atoms with Gasteiger partial charge in [-0.25, -0.2) is 0 Å². The third kappa shape index (κ3) is 3.80. The van der Waals surface area contributed by atoms with Gasteiger partial charge in [0.25, 0.3) is 0 Å². The second-order valence-corrected chi connectivity index (χ2v) is 4.04. The highest BCUT2D eigenvalue weighted by molar-refractivity contribution is 5.86. The Morgan fingerprint density at radius 2 is 2.28 bits per heavy atom. The molecule has 0 spiro atoms. The fourth-order valence-corrected chi connectivity index (χ4v) is 1.61. The molecule has 100 valence electrons. The topological polar surface area (TPSA) is 61.7 Å². The van der Waals surface area contributed by atoms with Crippen molar-refractivity contribution in [2.24, 2.45) is 12.0 Å². The van der Waals surface area contributed by atoms with E-state index in [0.29, 0.717) is 5.96 Å². The number of carbonyl (C=O) groups is 1. The molecule has 2 N–H and O–H groups in total. The second-order valence-electron chi connectivity index (χ2n) is 4.04. The molecule has 18 heavy (non-hydrogen) atoms. The highest BCUT2D eigenvalue weighted by atomic mass is 16.1. The van der Waals surface area contributed by atoms with Gasteiger partial charge >= 0.3 is 0 Å². The Bertz CT molecular complexity index is 424. The molecule has 6 nitrogen and oxygen atoms in total. The van der Waals surface area contributed by atoms with Gasteiger partial charge < -0.3 is 20.1 Å². The van der Waals surface area contributed by atoms with E-state index < -0.39 is 0 Å². The first-order valence-corrected chi connectivity index (χ1v) is 5.81. The van der Waals surface area contributed by atoms with E-state index in [1.54, 1.807) is 14.1 Å². The molecule has 0 saturated heterocycles. The van der Waals surface area contributed by atoms with Crippen LogP contribution in [0.1, 0.15) is 5.69 Å². The Labute approximate surface area is 108 Å². The Kier molecular flexibility index (Phi) is 5.23.